The lowest BCUT2D eigenvalue weighted by atomic mass is 9.83. The van der Waals surface area contributed by atoms with E-state index in [0.29, 0.717) is 25.3 Å². The number of carbonyl (C=O) groups excluding carboxylic acids is 1. The number of hydrogen-bond donors (Lipinski definition) is 2. The Balaban J connectivity index is 1.50. The van der Waals surface area contributed by atoms with E-state index in [2.05, 4.69) is 50.8 Å². The van der Waals surface area contributed by atoms with E-state index in [0.717, 1.165) is 47.2 Å². The first-order valence-electron chi connectivity index (χ1n) is 14.8. The van der Waals surface area contributed by atoms with Gasteiger partial charge in [-0.05, 0) is 67.7 Å². The predicted octanol–water partition coefficient (Wildman–Crippen LogP) is 5.76. The van der Waals surface area contributed by atoms with Crippen molar-refractivity contribution in [2.75, 3.05) is 51.7 Å². The van der Waals surface area contributed by atoms with Crippen molar-refractivity contribution in [2.24, 2.45) is 0 Å². The molecular weight excluding hydrogens is 536 g/mol. The second-order valence-corrected chi connectivity index (χ2v) is 11.5. The van der Waals surface area contributed by atoms with Gasteiger partial charge in [-0.25, -0.2) is 0 Å². The van der Waals surface area contributed by atoms with Crippen LogP contribution in [0.5, 0.6) is 11.5 Å². The number of anilines is 1. The number of benzene rings is 4. The molecule has 1 fully saturated rings. The number of rotatable bonds is 8. The number of carbonyl (C=O) groups is 1. The molecule has 4 aromatic carbocycles. The highest BCUT2D eigenvalue weighted by atomic mass is 16.3. The molecule has 1 saturated heterocycles. The molecule has 2 heterocycles. The van der Waals surface area contributed by atoms with Crippen molar-refractivity contribution < 1.29 is 15.0 Å². The minimum Gasteiger partial charge on any atom is -0.508 e. The van der Waals surface area contributed by atoms with E-state index < -0.39 is 0 Å². The van der Waals surface area contributed by atoms with Gasteiger partial charge in [-0.3, -0.25) is 4.79 Å². The number of amides is 1. The maximum atomic E-state index is 14.8. The van der Waals surface area contributed by atoms with E-state index in [1.165, 1.54) is 5.69 Å². The van der Waals surface area contributed by atoms with Gasteiger partial charge in [0.2, 0.25) is 0 Å². The van der Waals surface area contributed by atoms with E-state index in [-0.39, 0.29) is 23.3 Å². The zero-order valence-electron chi connectivity index (χ0n) is 24.7. The Morgan fingerprint density at radius 3 is 1.88 bits per heavy atom. The normalized spacial score (nSPS) is 13.8. The molecule has 1 aliphatic heterocycles. The molecule has 0 atom stereocenters. The summed E-state index contributed by atoms with van der Waals surface area (Å²) < 4.78 is 2.20. The molecular formula is C36H38N4O3. The number of piperazine rings is 1. The lowest BCUT2D eigenvalue weighted by Gasteiger charge is -2.36. The van der Waals surface area contributed by atoms with E-state index in [4.69, 9.17) is 0 Å². The van der Waals surface area contributed by atoms with Gasteiger partial charge in [0, 0.05) is 67.3 Å². The van der Waals surface area contributed by atoms with Gasteiger partial charge in [-0.15, -0.1) is 0 Å². The Labute approximate surface area is 252 Å². The van der Waals surface area contributed by atoms with Crippen molar-refractivity contribution in [3.8, 4) is 11.5 Å². The lowest BCUT2D eigenvalue weighted by molar-refractivity contribution is 0.0734. The van der Waals surface area contributed by atoms with Crippen LogP contribution >= 0.6 is 0 Å². The van der Waals surface area contributed by atoms with Crippen molar-refractivity contribution in [1.82, 2.24) is 14.4 Å². The van der Waals surface area contributed by atoms with Crippen molar-refractivity contribution in [2.45, 2.75) is 12.5 Å². The fourth-order valence-electron chi connectivity index (χ4n) is 6.20. The highest BCUT2D eigenvalue weighted by molar-refractivity contribution is 6.03. The van der Waals surface area contributed by atoms with Crippen LogP contribution < -0.4 is 4.90 Å². The molecule has 7 heteroatoms. The number of phenols is 2. The topological polar surface area (TPSA) is 72.2 Å². The molecule has 5 aromatic rings. The molecule has 1 aromatic heterocycles. The third-order valence-electron chi connectivity index (χ3n) is 8.41. The zero-order valence-corrected chi connectivity index (χ0v) is 24.7. The van der Waals surface area contributed by atoms with E-state index >= 15 is 0 Å². The maximum absolute atomic E-state index is 14.8. The number of fused-ring (bicyclic) bond motifs is 1. The molecule has 0 saturated carbocycles. The number of phenolic OH excluding ortho intramolecular Hbond substituents is 2. The largest absolute Gasteiger partial charge is 0.508 e. The van der Waals surface area contributed by atoms with Crippen molar-refractivity contribution in [3.05, 3.63) is 126 Å². The van der Waals surface area contributed by atoms with Crippen LogP contribution in [0.4, 0.5) is 5.69 Å². The first-order valence-corrected chi connectivity index (χ1v) is 14.8. The molecule has 0 radical (unpaired) electrons. The van der Waals surface area contributed by atoms with Crippen LogP contribution in [0.25, 0.3) is 10.9 Å². The number of hydrogen-bond acceptors (Lipinski definition) is 5. The number of likely N-dealkylation sites (N-methyl/N-ethyl adjacent to an activating group) is 1. The number of nitrogens with zero attached hydrogens (tertiary/aromatic N) is 4. The van der Waals surface area contributed by atoms with Crippen molar-refractivity contribution in [1.29, 1.82) is 0 Å². The Hall–Kier alpha value is -4.75. The summed E-state index contributed by atoms with van der Waals surface area (Å²) in [6.07, 6.45) is 0. The van der Waals surface area contributed by atoms with Gasteiger partial charge in [-0.1, -0.05) is 60.7 Å². The molecule has 220 valence electrons. The average Bonchev–Trinajstić information content (AvgIpc) is 3.36. The average molecular weight is 575 g/mol. The molecule has 0 unspecified atom stereocenters. The Morgan fingerprint density at radius 2 is 1.30 bits per heavy atom. The summed E-state index contributed by atoms with van der Waals surface area (Å²) in [4.78, 5) is 21.2. The van der Waals surface area contributed by atoms with E-state index in [1.54, 1.807) is 24.3 Å². The molecule has 1 amide bonds. The number of aromatic nitrogens is 1. The molecule has 1 aliphatic rings. The monoisotopic (exact) mass is 574 g/mol. The highest BCUT2D eigenvalue weighted by Crippen LogP contribution is 2.41. The fraction of sp³-hybridized carbons (Fsp3) is 0.250. The number of para-hydroxylation sites is 2. The van der Waals surface area contributed by atoms with Crippen LogP contribution in [0.2, 0.25) is 0 Å². The van der Waals surface area contributed by atoms with Gasteiger partial charge in [-0.2, -0.15) is 0 Å². The Morgan fingerprint density at radius 1 is 0.744 bits per heavy atom. The Bertz CT molecular complexity index is 1640. The summed E-state index contributed by atoms with van der Waals surface area (Å²) in [7, 11) is 4.10. The van der Waals surface area contributed by atoms with Crippen LogP contribution in [0.3, 0.4) is 0 Å². The summed E-state index contributed by atoms with van der Waals surface area (Å²) in [5.74, 6) is 0.111. The second kappa shape index (κ2) is 12.2. The van der Waals surface area contributed by atoms with Gasteiger partial charge < -0.3 is 29.5 Å². The molecule has 0 spiro atoms. The summed E-state index contributed by atoms with van der Waals surface area (Å²) >= 11 is 0. The minimum atomic E-state index is -0.295. The van der Waals surface area contributed by atoms with Crippen LogP contribution in [-0.2, 0) is 6.54 Å². The van der Waals surface area contributed by atoms with Crippen LogP contribution in [-0.4, -0.2) is 77.3 Å². The van der Waals surface area contributed by atoms with Gasteiger partial charge in [0.05, 0.1) is 0 Å². The molecule has 0 aliphatic carbocycles. The maximum Gasteiger partial charge on any atom is 0.270 e. The summed E-state index contributed by atoms with van der Waals surface area (Å²) in [5.41, 5.74) is 5.76. The third-order valence-corrected chi connectivity index (χ3v) is 8.41. The van der Waals surface area contributed by atoms with Gasteiger partial charge in [0.25, 0.3) is 5.91 Å². The van der Waals surface area contributed by atoms with E-state index in [9.17, 15) is 15.0 Å². The third kappa shape index (κ3) is 5.81. The van der Waals surface area contributed by atoms with Crippen molar-refractivity contribution in [3.63, 3.8) is 0 Å². The smallest absolute Gasteiger partial charge is 0.270 e. The lowest BCUT2D eigenvalue weighted by Crippen LogP contribution is -2.49. The van der Waals surface area contributed by atoms with Gasteiger partial charge in [0.15, 0.2) is 0 Å². The van der Waals surface area contributed by atoms with Gasteiger partial charge in [0.1, 0.15) is 17.2 Å². The first-order chi connectivity index (χ1) is 20.9. The van der Waals surface area contributed by atoms with Crippen LogP contribution in [0.15, 0.2) is 103 Å². The molecule has 7 nitrogen and oxygen atoms in total. The van der Waals surface area contributed by atoms with Gasteiger partial charge >= 0.3 is 0 Å². The van der Waals surface area contributed by atoms with Crippen LogP contribution in [0, 0.1) is 0 Å². The highest BCUT2D eigenvalue weighted by Gasteiger charge is 2.33. The minimum absolute atomic E-state index is 0.0280. The summed E-state index contributed by atoms with van der Waals surface area (Å²) in [6.45, 7) is 4.24. The summed E-state index contributed by atoms with van der Waals surface area (Å²) in [5, 5.41) is 21.3. The first kappa shape index (κ1) is 28.4. The van der Waals surface area contributed by atoms with Crippen molar-refractivity contribution >= 4 is 22.5 Å². The van der Waals surface area contributed by atoms with Crippen LogP contribution in [0.1, 0.15) is 33.1 Å². The fourth-order valence-corrected chi connectivity index (χ4v) is 6.20. The Kier molecular flexibility index (Phi) is 8.07. The quantitative estimate of drug-likeness (QED) is 0.247. The van der Waals surface area contributed by atoms with E-state index in [1.807, 2.05) is 61.5 Å². The molecule has 0 bridgehead atoms. The predicted molar refractivity (Wildman–Crippen MR) is 172 cm³/mol. The molecule has 6 rings (SSSR count). The second-order valence-electron chi connectivity index (χ2n) is 11.5. The molecule has 2 N–H and O–H groups in total. The zero-order chi connectivity index (χ0) is 29.9. The number of aromatic hydroxyl groups is 2. The summed E-state index contributed by atoms with van der Waals surface area (Å²) in [6, 6.07) is 33.1. The molecule has 43 heavy (non-hydrogen) atoms. The standard InChI is InChI=1S/C36H38N4O3/c1-37(2)20-25-40-32-11-7-6-10-31(32)34(33(26-12-16-29(41)17-13-26)27-14-18-30(42)19-15-27)35(40)36(43)39-23-21-38(22-24-39)28-8-4-3-5-9-28/h3-19,33,41-42H,20-25H2,1-2H3. The SMILES string of the molecule is CN(C)CCn1c(C(=O)N2CCN(c3ccccc3)CC2)c(C(c2ccc(O)cc2)c2ccc(O)cc2)c2ccccc21.